The van der Waals surface area contributed by atoms with E-state index in [2.05, 4.69) is 27.6 Å². The molecule has 0 amide bonds. The zero-order chi connectivity index (χ0) is 24.9. The van der Waals surface area contributed by atoms with Crippen LogP contribution in [0.5, 0.6) is 5.75 Å². The van der Waals surface area contributed by atoms with E-state index in [4.69, 9.17) is 14.2 Å². The average molecular weight is 487 g/mol. The first-order chi connectivity index (χ1) is 17.6. The van der Waals surface area contributed by atoms with E-state index in [9.17, 15) is 9.90 Å². The smallest absolute Gasteiger partial charge is 0.303 e. The fourth-order valence-electron chi connectivity index (χ4n) is 4.76. The number of ether oxygens (including phenoxy) is 1. The molecule has 0 fully saturated rings. The predicted molar refractivity (Wildman–Crippen MR) is 137 cm³/mol. The summed E-state index contributed by atoms with van der Waals surface area (Å²) in [6, 6.07) is 16.1. The number of pyridine rings is 1. The summed E-state index contributed by atoms with van der Waals surface area (Å²) in [6.07, 6.45) is 4.96. The lowest BCUT2D eigenvalue weighted by Gasteiger charge is -2.17. The molecule has 8 nitrogen and oxygen atoms in total. The molecule has 186 valence electrons. The van der Waals surface area contributed by atoms with E-state index in [0.29, 0.717) is 24.6 Å². The summed E-state index contributed by atoms with van der Waals surface area (Å²) in [5.74, 6) is 1.77. The molecule has 1 aliphatic heterocycles. The molecule has 2 N–H and O–H groups in total. The van der Waals surface area contributed by atoms with Gasteiger partial charge in [0, 0.05) is 31.0 Å². The number of aromatic nitrogens is 3. The molecule has 36 heavy (non-hydrogen) atoms. The van der Waals surface area contributed by atoms with Gasteiger partial charge in [-0.1, -0.05) is 35.5 Å². The molecule has 2 aromatic heterocycles. The van der Waals surface area contributed by atoms with E-state index in [1.54, 1.807) is 7.11 Å². The molecule has 1 aliphatic rings. The Balaban J connectivity index is 1.23. The molecule has 0 aliphatic carbocycles. The van der Waals surface area contributed by atoms with E-state index < -0.39 is 5.97 Å². The SMILES string of the molecule is COc1ccc2cc(C(CC(=O)O)Cc3nc(CCCc4ccc5c(n4)NCCC5)no3)ccc2c1. The fraction of sp³-hybridized carbons (Fsp3) is 0.357. The number of nitrogens with one attached hydrogen (secondary N) is 1. The highest BCUT2D eigenvalue weighted by atomic mass is 16.5. The van der Waals surface area contributed by atoms with Gasteiger partial charge in [-0.25, -0.2) is 4.98 Å². The first kappa shape index (κ1) is 23.8. The van der Waals surface area contributed by atoms with Crippen molar-refractivity contribution in [1.82, 2.24) is 15.1 Å². The van der Waals surface area contributed by atoms with Gasteiger partial charge in [-0.2, -0.15) is 4.98 Å². The van der Waals surface area contributed by atoms with E-state index in [-0.39, 0.29) is 12.3 Å². The summed E-state index contributed by atoms with van der Waals surface area (Å²) in [5.41, 5.74) is 3.28. The van der Waals surface area contributed by atoms with Crippen molar-refractivity contribution < 1.29 is 19.2 Å². The molecular weight excluding hydrogens is 456 g/mol. The Kier molecular flexibility index (Phi) is 7.11. The van der Waals surface area contributed by atoms with Crippen LogP contribution in [-0.4, -0.2) is 39.9 Å². The molecule has 5 rings (SSSR count). The Morgan fingerprint density at radius 1 is 1.11 bits per heavy atom. The van der Waals surface area contributed by atoms with E-state index in [1.165, 1.54) is 5.56 Å². The van der Waals surface area contributed by atoms with E-state index in [0.717, 1.165) is 65.8 Å². The second-order valence-corrected chi connectivity index (χ2v) is 9.27. The predicted octanol–water partition coefficient (Wildman–Crippen LogP) is 4.96. The third-order valence-electron chi connectivity index (χ3n) is 6.68. The van der Waals surface area contributed by atoms with Gasteiger partial charge < -0.3 is 19.7 Å². The van der Waals surface area contributed by atoms with Crippen molar-refractivity contribution in [3.05, 3.63) is 77.1 Å². The minimum Gasteiger partial charge on any atom is -0.497 e. The lowest BCUT2D eigenvalue weighted by molar-refractivity contribution is -0.137. The number of hydrogen-bond acceptors (Lipinski definition) is 7. The summed E-state index contributed by atoms with van der Waals surface area (Å²) in [5, 5.41) is 19.1. The van der Waals surface area contributed by atoms with Crippen LogP contribution in [0.4, 0.5) is 5.82 Å². The maximum atomic E-state index is 11.6. The minimum atomic E-state index is -0.860. The van der Waals surface area contributed by atoms with Gasteiger partial charge >= 0.3 is 5.97 Å². The molecular formula is C28H30N4O4. The fourth-order valence-corrected chi connectivity index (χ4v) is 4.76. The highest BCUT2D eigenvalue weighted by Crippen LogP contribution is 2.29. The number of carboxylic acid groups (broad SMARTS) is 1. The summed E-state index contributed by atoms with van der Waals surface area (Å²) in [6.45, 7) is 0.978. The first-order valence-corrected chi connectivity index (χ1v) is 12.4. The number of carboxylic acids is 1. The number of carbonyl (C=O) groups is 1. The van der Waals surface area contributed by atoms with Crippen LogP contribution in [0.2, 0.25) is 0 Å². The van der Waals surface area contributed by atoms with Crippen LogP contribution in [0.3, 0.4) is 0 Å². The zero-order valence-electron chi connectivity index (χ0n) is 20.4. The Morgan fingerprint density at radius 3 is 2.83 bits per heavy atom. The number of aryl methyl sites for hydroxylation is 3. The van der Waals surface area contributed by atoms with Crippen molar-refractivity contribution in [2.24, 2.45) is 0 Å². The van der Waals surface area contributed by atoms with Crippen molar-refractivity contribution in [3.63, 3.8) is 0 Å². The summed E-state index contributed by atoms with van der Waals surface area (Å²) < 4.78 is 10.8. The molecule has 0 saturated carbocycles. The van der Waals surface area contributed by atoms with Gasteiger partial charge in [0.25, 0.3) is 0 Å². The molecule has 0 spiro atoms. The quantitative estimate of drug-likeness (QED) is 0.324. The Labute approximate surface area is 209 Å². The van der Waals surface area contributed by atoms with Crippen LogP contribution in [0.15, 0.2) is 53.1 Å². The lowest BCUT2D eigenvalue weighted by atomic mass is 9.91. The lowest BCUT2D eigenvalue weighted by Crippen LogP contribution is -2.14. The number of nitrogens with zero attached hydrogens (tertiary/aromatic N) is 3. The van der Waals surface area contributed by atoms with Gasteiger partial charge in [0.1, 0.15) is 11.6 Å². The monoisotopic (exact) mass is 486 g/mol. The molecule has 8 heteroatoms. The van der Waals surface area contributed by atoms with Crippen LogP contribution in [0.25, 0.3) is 10.8 Å². The molecule has 0 radical (unpaired) electrons. The molecule has 3 heterocycles. The highest BCUT2D eigenvalue weighted by molar-refractivity contribution is 5.84. The van der Waals surface area contributed by atoms with Crippen molar-refractivity contribution in [1.29, 1.82) is 0 Å². The second kappa shape index (κ2) is 10.8. The van der Waals surface area contributed by atoms with Crippen LogP contribution in [0, 0.1) is 0 Å². The Hall–Kier alpha value is -3.94. The van der Waals surface area contributed by atoms with Crippen molar-refractivity contribution in [3.8, 4) is 5.75 Å². The van der Waals surface area contributed by atoms with E-state index in [1.807, 2.05) is 36.4 Å². The normalized spacial score (nSPS) is 13.7. The van der Waals surface area contributed by atoms with E-state index >= 15 is 0 Å². The topological polar surface area (TPSA) is 110 Å². The van der Waals surface area contributed by atoms with Gasteiger partial charge in [-0.3, -0.25) is 4.79 Å². The third-order valence-corrected chi connectivity index (χ3v) is 6.68. The van der Waals surface area contributed by atoms with Crippen molar-refractivity contribution in [2.75, 3.05) is 19.0 Å². The zero-order valence-corrected chi connectivity index (χ0v) is 20.4. The van der Waals surface area contributed by atoms with Crippen molar-refractivity contribution >= 4 is 22.6 Å². The van der Waals surface area contributed by atoms with Crippen LogP contribution >= 0.6 is 0 Å². The van der Waals surface area contributed by atoms with Crippen molar-refractivity contribution in [2.45, 2.75) is 50.9 Å². The van der Waals surface area contributed by atoms with Gasteiger partial charge in [0.2, 0.25) is 5.89 Å². The summed E-state index contributed by atoms with van der Waals surface area (Å²) in [4.78, 5) is 20.9. The molecule has 4 aromatic rings. The number of aliphatic carboxylic acids is 1. The average Bonchev–Trinajstić information content (AvgIpc) is 3.34. The maximum absolute atomic E-state index is 11.6. The maximum Gasteiger partial charge on any atom is 0.303 e. The van der Waals surface area contributed by atoms with Crippen LogP contribution in [-0.2, 0) is 30.5 Å². The highest BCUT2D eigenvalue weighted by Gasteiger charge is 2.20. The Bertz CT molecular complexity index is 1370. The molecule has 1 unspecified atom stereocenters. The number of benzene rings is 2. The number of fused-ring (bicyclic) bond motifs is 2. The minimum absolute atomic E-state index is 0.0165. The van der Waals surface area contributed by atoms with Gasteiger partial charge in [0.15, 0.2) is 5.82 Å². The number of anilines is 1. The van der Waals surface area contributed by atoms with Crippen LogP contribution < -0.4 is 10.1 Å². The summed E-state index contributed by atoms with van der Waals surface area (Å²) in [7, 11) is 1.64. The number of rotatable bonds is 10. The largest absolute Gasteiger partial charge is 0.497 e. The molecule has 2 aromatic carbocycles. The van der Waals surface area contributed by atoms with Gasteiger partial charge in [-0.15, -0.1) is 0 Å². The molecule has 1 atom stereocenters. The molecule has 0 bridgehead atoms. The van der Waals surface area contributed by atoms with Gasteiger partial charge in [0.05, 0.1) is 13.5 Å². The Morgan fingerprint density at radius 2 is 1.97 bits per heavy atom. The third kappa shape index (κ3) is 5.64. The van der Waals surface area contributed by atoms with Gasteiger partial charge in [-0.05, 0) is 65.8 Å². The second-order valence-electron chi connectivity index (χ2n) is 9.27. The summed E-state index contributed by atoms with van der Waals surface area (Å²) >= 11 is 0. The number of hydrogen-bond donors (Lipinski definition) is 2. The standard InChI is InChI=1S/C28H30N4O4/c1-35-24-12-10-19-14-20(7-8-21(19)15-24)22(17-27(33)34)16-26-31-25(32-36-26)6-2-5-23-11-9-18-4-3-13-29-28(18)30-23/h7-12,14-15,22H,2-6,13,16-17H2,1H3,(H,29,30)(H,33,34). The number of methoxy groups -OCH3 is 1. The first-order valence-electron chi connectivity index (χ1n) is 12.4. The molecule has 0 saturated heterocycles. The van der Waals surface area contributed by atoms with Crippen LogP contribution in [0.1, 0.15) is 53.7 Å².